The van der Waals surface area contributed by atoms with Crippen LogP contribution in [0.1, 0.15) is 5.82 Å². The first-order chi connectivity index (χ1) is 11.2. The van der Waals surface area contributed by atoms with Crippen molar-refractivity contribution in [3.05, 3.63) is 58.9 Å². The van der Waals surface area contributed by atoms with E-state index in [1.807, 2.05) is 30.3 Å². The Balaban J connectivity index is 1.96. The van der Waals surface area contributed by atoms with E-state index in [0.29, 0.717) is 22.5 Å². The molecule has 0 saturated heterocycles. The summed E-state index contributed by atoms with van der Waals surface area (Å²) in [6.45, 7) is 1.79. The maximum atomic E-state index is 12.8. The van der Waals surface area contributed by atoms with Crippen LogP contribution in [0, 0.1) is 6.92 Å². The number of hydrogen-bond donors (Lipinski definition) is 0. The fourth-order valence-corrected chi connectivity index (χ4v) is 2.57. The number of pyridine rings is 1. The number of nitrogens with zero attached hydrogens (tertiary/aromatic N) is 5. The van der Waals surface area contributed by atoms with Crippen molar-refractivity contribution in [2.75, 3.05) is 7.11 Å². The number of rotatable bonds is 2. The smallest absolute Gasteiger partial charge is 0.266 e. The second-order valence-corrected chi connectivity index (χ2v) is 5.12. The molecule has 0 aliphatic heterocycles. The van der Waals surface area contributed by atoms with Gasteiger partial charge in [-0.25, -0.2) is 4.98 Å². The van der Waals surface area contributed by atoms with Gasteiger partial charge in [0.15, 0.2) is 0 Å². The molecular formula is C16H13N5O2. The van der Waals surface area contributed by atoms with Crippen LogP contribution in [0.5, 0.6) is 5.75 Å². The van der Waals surface area contributed by atoms with Crippen LogP contribution in [0.4, 0.5) is 0 Å². The van der Waals surface area contributed by atoms with E-state index in [9.17, 15) is 4.79 Å². The van der Waals surface area contributed by atoms with Gasteiger partial charge in [0.25, 0.3) is 11.3 Å². The van der Waals surface area contributed by atoms with Gasteiger partial charge in [-0.3, -0.25) is 9.36 Å². The zero-order chi connectivity index (χ0) is 16.0. The first-order valence-electron chi connectivity index (χ1n) is 7.05. The standard InChI is InChI=1S/C16H13N5O2/c1-10-18-16-17-9-13-14(21(16)19-10)7-8-20(15(13)22)11-3-5-12(23-2)6-4-11/h3-9H,1-2H3. The molecular weight excluding hydrogens is 294 g/mol. The van der Waals surface area contributed by atoms with E-state index in [-0.39, 0.29) is 5.56 Å². The molecule has 0 amide bonds. The van der Waals surface area contributed by atoms with Gasteiger partial charge in [0.2, 0.25) is 0 Å². The SMILES string of the molecule is COc1ccc(-n2ccc3c(cnc4nc(C)nn43)c2=O)cc1. The molecule has 0 spiro atoms. The van der Waals surface area contributed by atoms with Crippen molar-refractivity contribution in [2.24, 2.45) is 0 Å². The van der Waals surface area contributed by atoms with Crippen LogP contribution in [0.15, 0.2) is 47.5 Å². The van der Waals surface area contributed by atoms with Gasteiger partial charge in [0, 0.05) is 18.1 Å². The number of aromatic nitrogens is 5. The van der Waals surface area contributed by atoms with Crippen LogP contribution in [-0.4, -0.2) is 31.3 Å². The van der Waals surface area contributed by atoms with Crippen LogP contribution in [0.25, 0.3) is 22.4 Å². The Morgan fingerprint density at radius 2 is 1.91 bits per heavy atom. The Morgan fingerprint density at radius 1 is 1.13 bits per heavy atom. The lowest BCUT2D eigenvalue weighted by Gasteiger charge is -2.08. The molecule has 0 atom stereocenters. The molecule has 3 heterocycles. The lowest BCUT2D eigenvalue weighted by molar-refractivity contribution is 0.414. The molecule has 1 aromatic carbocycles. The third-order valence-electron chi connectivity index (χ3n) is 3.69. The molecule has 23 heavy (non-hydrogen) atoms. The summed E-state index contributed by atoms with van der Waals surface area (Å²) in [5.74, 6) is 1.84. The van der Waals surface area contributed by atoms with Crippen molar-refractivity contribution in [1.82, 2.24) is 24.1 Å². The Morgan fingerprint density at radius 3 is 2.65 bits per heavy atom. The fourth-order valence-electron chi connectivity index (χ4n) is 2.57. The van der Waals surface area contributed by atoms with Gasteiger partial charge in [-0.05, 0) is 37.3 Å². The summed E-state index contributed by atoms with van der Waals surface area (Å²) in [6, 6.07) is 9.13. The second kappa shape index (κ2) is 4.91. The van der Waals surface area contributed by atoms with Gasteiger partial charge in [-0.15, -0.1) is 5.10 Å². The van der Waals surface area contributed by atoms with Crippen molar-refractivity contribution in [3.63, 3.8) is 0 Å². The highest BCUT2D eigenvalue weighted by atomic mass is 16.5. The van der Waals surface area contributed by atoms with Gasteiger partial charge in [-0.2, -0.15) is 9.50 Å². The monoisotopic (exact) mass is 307 g/mol. The van der Waals surface area contributed by atoms with Crippen LogP contribution in [-0.2, 0) is 0 Å². The lowest BCUT2D eigenvalue weighted by atomic mass is 10.2. The predicted octanol–water partition coefficient (Wildman–Crippen LogP) is 1.75. The molecule has 0 N–H and O–H groups in total. The quantitative estimate of drug-likeness (QED) is 0.564. The summed E-state index contributed by atoms with van der Waals surface area (Å²) in [7, 11) is 1.61. The first-order valence-corrected chi connectivity index (χ1v) is 7.05. The normalized spacial score (nSPS) is 11.2. The highest BCUT2D eigenvalue weighted by Gasteiger charge is 2.10. The van der Waals surface area contributed by atoms with E-state index < -0.39 is 0 Å². The highest BCUT2D eigenvalue weighted by molar-refractivity contribution is 5.78. The molecule has 4 aromatic rings. The number of aryl methyl sites for hydroxylation is 1. The fraction of sp³-hybridized carbons (Fsp3) is 0.125. The lowest BCUT2D eigenvalue weighted by Crippen LogP contribution is -2.18. The van der Waals surface area contributed by atoms with Crippen molar-refractivity contribution in [1.29, 1.82) is 0 Å². The van der Waals surface area contributed by atoms with E-state index in [0.717, 1.165) is 11.4 Å². The first kappa shape index (κ1) is 13.4. The van der Waals surface area contributed by atoms with Crippen molar-refractivity contribution >= 4 is 16.7 Å². The van der Waals surface area contributed by atoms with Gasteiger partial charge in [-0.1, -0.05) is 0 Å². The van der Waals surface area contributed by atoms with E-state index in [1.165, 1.54) is 0 Å². The van der Waals surface area contributed by atoms with Crippen LogP contribution in [0.2, 0.25) is 0 Å². The minimum absolute atomic E-state index is 0.157. The summed E-state index contributed by atoms with van der Waals surface area (Å²) >= 11 is 0. The number of hydrogen-bond acceptors (Lipinski definition) is 5. The van der Waals surface area contributed by atoms with Crippen molar-refractivity contribution in [2.45, 2.75) is 6.92 Å². The molecule has 7 nitrogen and oxygen atoms in total. The highest BCUT2D eigenvalue weighted by Crippen LogP contribution is 2.16. The van der Waals surface area contributed by atoms with E-state index >= 15 is 0 Å². The number of ether oxygens (including phenoxy) is 1. The van der Waals surface area contributed by atoms with Crippen LogP contribution < -0.4 is 10.3 Å². The molecule has 114 valence electrons. The Kier molecular flexibility index (Phi) is 2.87. The van der Waals surface area contributed by atoms with Gasteiger partial charge in [0.05, 0.1) is 18.0 Å². The van der Waals surface area contributed by atoms with Crippen molar-refractivity contribution in [3.8, 4) is 11.4 Å². The minimum atomic E-state index is -0.157. The van der Waals surface area contributed by atoms with E-state index in [2.05, 4.69) is 15.1 Å². The molecule has 7 heteroatoms. The summed E-state index contributed by atoms with van der Waals surface area (Å²) in [6.07, 6.45) is 3.27. The average molecular weight is 307 g/mol. The van der Waals surface area contributed by atoms with Crippen LogP contribution in [0.3, 0.4) is 0 Å². The third kappa shape index (κ3) is 2.05. The number of benzene rings is 1. The Hall–Kier alpha value is -3.22. The van der Waals surface area contributed by atoms with Gasteiger partial charge in [0.1, 0.15) is 11.6 Å². The van der Waals surface area contributed by atoms with E-state index in [4.69, 9.17) is 4.74 Å². The van der Waals surface area contributed by atoms with Crippen LogP contribution >= 0.6 is 0 Å². The summed E-state index contributed by atoms with van der Waals surface area (Å²) in [5.41, 5.74) is 1.29. The predicted molar refractivity (Wildman–Crippen MR) is 85.2 cm³/mol. The Bertz CT molecular complexity index is 1080. The molecule has 0 aliphatic carbocycles. The van der Waals surface area contributed by atoms with Crippen molar-refractivity contribution < 1.29 is 4.74 Å². The summed E-state index contributed by atoms with van der Waals surface area (Å²) in [5, 5.41) is 4.77. The maximum absolute atomic E-state index is 12.8. The molecule has 0 radical (unpaired) electrons. The molecule has 0 fully saturated rings. The molecule has 0 bridgehead atoms. The average Bonchev–Trinajstić information content (AvgIpc) is 2.96. The molecule has 3 aromatic heterocycles. The van der Waals surface area contributed by atoms with Gasteiger partial charge < -0.3 is 4.74 Å². The largest absolute Gasteiger partial charge is 0.497 e. The minimum Gasteiger partial charge on any atom is -0.497 e. The molecule has 0 saturated carbocycles. The molecule has 4 rings (SSSR count). The zero-order valence-corrected chi connectivity index (χ0v) is 12.6. The zero-order valence-electron chi connectivity index (χ0n) is 12.6. The molecule has 0 aliphatic rings. The van der Waals surface area contributed by atoms with Gasteiger partial charge >= 0.3 is 0 Å². The summed E-state index contributed by atoms with van der Waals surface area (Å²) in [4.78, 5) is 21.2. The third-order valence-corrected chi connectivity index (χ3v) is 3.69. The Labute approximate surface area is 130 Å². The summed E-state index contributed by atoms with van der Waals surface area (Å²) < 4.78 is 8.30. The second-order valence-electron chi connectivity index (χ2n) is 5.12. The number of fused-ring (bicyclic) bond motifs is 3. The number of methoxy groups -OCH3 is 1. The topological polar surface area (TPSA) is 74.3 Å². The molecule has 0 unspecified atom stereocenters. The van der Waals surface area contributed by atoms with E-state index in [1.54, 1.807) is 35.5 Å². The maximum Gasteiger partial charge on any atom is 0.266 e.